The number of hydrogen-bond acceptors (Lipinski definition) is 5. The highest BCUT2D eigenvalue weighted by Gasteiger charge is 2.29. The van der Waals surface area contributed by atoms with E-state index in [1.54, 1.807) is 0 Å². The maximum atomic E-state index is 12.3. The molecule has 2 amide bonds. The number of rotatable bonds is 7. The van der Waals surface area contributed by atoms with Crippen molar-refractivity contribution in [3.05, 3.63) is 11.7 Å². The zero-order valence-corrected chi connectivity index (χ0v) is 14.1. The summed E-state index contributed by atoms with van der Waals surface area (Å²) in [5, 5.41) is 6.95. The standard InChI is InChI=1S/C16H27N5O2/c1-3-21(11-12-7-9-20(2)10-12)16(22)17-8-6-14-18-15(23-19-14)13-4-5-13/h12-13H,3-11H2,1-2H3,(H,17,22)/t12-/m0/s1. The molecule has 23 heavy (non-hydrogen) atoms. The fraction of sp³-hybridized carbons (Fsp3) is 0.812. The van der Waals surface area contributed by atoms with Gasteiger partial charge in [-0.3, -0.25) is 0 Å². The summed E-state index contributed by atoms with van der Waals surface area (Å²) in [6, 6.07) is 0.00737. The van der Waals surface area contributed by atoms with Crippen molar-refractivity contribution in [3.8, 4) is 0 Å². The molecule has 128 valence electrons. The van der Waals surface area contributed by atoms with Gasteiger partial charge in [-0.05, 0) is 45.7 Å². The third-order valence-electron chi connectivity index (χ3n) is 4.67. The maximum absolute atomic E-state index is 12.3. The molecule has 2 aliphatic rings. The van der Waals surface area contributed by atoms with E-state index in [0.717, 1.165) is 44.9 Å². The normalized spacial score (nSPS) is 21.6. The van der Waals surface area contributed by atoms with Crippen molar-refractivity contribution in [1.82, 2.24) is 25.3 Å². The zero-order chi connectivity index (χ0) is 16.2. The molecule has 1 aromatic heterocycles. The molecule has 0 spiro atoms. The smallest absolute Gasteiger partial charge is 0.317 e. The molecule has 0 unspecified atom stereocenters. The number of nitrogens with zero attached hydrogens (tertiary/aromatic N) is 4. The van der Waals surface area contributed by atoms with E-state index >= 15 is 0 Å². The Kier molecular flexibility index (Phi) is 5.15. The van der Waals surface area contributed by atoms with E-state index in [4.69, 9.17) is 4.52 Å². The SMILES string of the molecule is CCN(C[C@H]1CCN(C)C1)C(=O)NCCc1noc(C2CC2)n1. The second-order valence-corrected chi connectivity index (χ2v) is 6.76. The highest BCUT2D eigenvalue weighted by molar-refractivity contribution is 5.74. The topological polar surface area (TPSA) is 74.5 Å². The van der Waals surface area contributed by atoms with Crippen molar-refractivity contribution in [3.63, 3.8) is 0 Å². The van der Waals surface area contributed by atoms with E-state index in [2.05, 4.69) is 27.4 Å². The Hall–Kier alpha value is -1.63. The van der Waals surface area contributed by atoms with E-state index < -0.39 is 0 Å². The summed E-state index contributed by atoms with van der Waals surface area (Å²) < 4.78 is 5.22. The summed E-state index contributed by atoms with van der Waals surface area (Å²) in [6.07, 6.45) is 4.10. The first kappa shape index (κ1) is 16.2. The van der Waals surface area contributed by atoms with Gasteiger partial charge in [-0.25, -0.2) is 4.79 Å². The Morgan fingerprint density at radius 1 is 1.43 bits per heavy atom. The van der Waals surface area contributed by atoms with Gasteiger partial charge in [0.15, 0.2) is 5.82 Å². The van der Waals surface area contributed by atoms with Crippen LogP contribution in [0.15, 0.2) is 4.52 Å². The minimum Gasteiger partial charge on any atom is -0.339 e. The highest BCUT2D eigenvalue weighted by Crippen LogP contribution is 2.38. The van der Waals surface area contributed by atoms with Gasteiger partial charge in [0.2, 0.25) is 5.89 Å². The van der Waals surface area contributed by atoms with Gasteiger partial charge in [-0.1, -0.05) is 5.16 Å². The third kappa shape index (κ3) is 4.43. The van der Waals surface area contributed by atoms with Crippen LogP contribution < -0.4 is 5.32 Å². The van der Waals surface area contributed by atoms with Crippen molar-refractivity contribution in [2.24, 2.45) is 5.92 Å². The second-order valence-electron chi connectivity index (χ2n) is 6.76. The summed E-state index contributed by atoms with van der Waals surface area (Å²) in [4.78, 5) is 20.9. The van der Waals surface area contributed by atoms with Gasteiger partial charge in [0.1, 0.15) is 0 Å². The maximum Gasteiger partial charge on any atom is 0.317 e. The molecule has 3 rings (SSSR count). The molecular weight excluding hydrogens is 294 g/mol. The van der Waals surface area contributed by atoms with Gasteiger partial charge < -0.3 is 19.6 Å². The minimum atomic E-state index is 0.00737. The van der Waals surface area contributed by atoms with Crippen LogP contribution in [0.4, 0.5) is 4.79 Å². The molecule has 1 aliphatic carbocycles. The van der Waals surface area contributed by atoms with E-state index in [9.17, 15) is 4.79 Å². The lowest BCUT2D eigenvalue weighted by atomic mass is 10.1. The van der Waals surface area contributed by atoms with E-state index in [0.29, 0.717) is 30.6 Å². The molecule has 1 N–H and O–H groups in total. The average molecular weight is 321 g/mol. The molecular formula is C16H27N5O2. The molecule has 1 saturated carbocycles. The monoisotopic (exact) mass is 321 g/mol. The number of likely N-dealkylation sites (tertiary alicyclic amines) is 1. The molecule has 7 heteroatoms. The molecule has 2 heterocycles. The van der Waals surface area contributed by atoms with Crippen molar-refractivity contribution in [1.29, 1.82) is 0 Å². The number of hydrogen-bond donors (Lipinski definition) is 1. The van der Waals surface area contributed by atoms with Crippen LogP contribution in [0.5, 0.6) is 0 Å². The number of aromatic nitrogens is 2. The zero-order valence-electron chi connectivity index (χ0n) is 14.1. The number of carbonyl (C=O) groups is 1. The van der Waals surface area contributed by atoms with Crippen LogP contribution in [0.25, 0.3) is 0 Å². The Morgan fingerprint density at radius 2 is 2.26 bits per heavy atom. The van der Waals surface area contributed by atoms with Crippen LogP contribution in [0.1, 0.15) is 43.8 Å². The van der Waals surface area contributed by atoms with Gasteiger partial charge in [-0.2, -0.15) is 4.98 Å². The fourth-order valence-corrected chi connectivity index (χ4v) is 3.10. The summed E-state index contributed by atoms with van der Waals surface area (Å²) in [7, 11) is 2.14. The predicted molar refractivity (Wildman–Crippen MR) is 86.2 cm³/mol. The summed E-state index contributed by atoms with van der Waals surface area (Å²) in [6.45, 7) is 6.35. The van der Waals surface area contributed by atoms with Crippen molar-refractivity contribution in [2.45, 2.75) is 38.5 Å². The number of amides is 2. The third-order valence-corrected chi connectivity index (χ3v) is 4.67. The first-order valence-corrected chi connectivity index (χ1v) is 8.69. The number of carbonyl (C=O) groups excluding carboxylic acids is 1. The second kappa shape index (κ2) is 7.29. The lowest BCUT2D eigenvalue weighted by molar-refractivity contribution is 0.191. The molecule has 1 saturated heterocycles. The van der Waals surface area contributed by atoms with Gasteiger partial charge in [-0.15, -0.1) is 0 Å². The van der Waals surface area contributed by atoms with Crippen LogP contribution in [0, 0.1) is 5.92 Å². The fourth-order valence-electron chi connectivity index (χ4n) is 3.10. The van der Waals surface area contributed by atoms with Crippen LogP contribution in [0.3, 0.4) is 0 Å². The molecule has 0 aromatic carbocycles. The molecule has 2 fully saturated rings. The Morgan fingerprint density at radius 3 is 2.91 bits per heavy atom. The van der Waals surface area contributed by atoms with E-state index in [1.165, 1.54) is 6.42 Å². The van der Waals surface area contributed by atoms with E-state index in [1.807, 2.05) is 11.8 Å². The summed E-state index contributed by atoms with van der Waals surface area (Å²) >= 11 is 0. The number of urea groups is 1. The van der Waals surface area contributed by atoms with Crippen LogP contribution in [-0.2, 0) is 6.42 Å². The van der Waals surface area contributed by atoms with Gasteiger partial charge in [0.25, 0.3) is 0 Å². The lowest BCUT2D eigenvalue weighted by Gasteiger charge is -2.24. The Bertz CT molecular complexity index is 528. The van der Waals surface area contributed by atoms with Crippen LogP contribution in [-0.4, -0.2) is 65.7 Å². The molecule has 7 nitrogen and oxygen atoms in total. The van der Waals surface area contributed by atoms with Crippen LogP contribution in [0.2, 0.25) is 0 Å². The van der Waals surface area contributed by atoms with Crippen LogP contribution >= 0.6 is 0 Å². The predicted octanol–water partition coefficient (Wildman–Crippen LogP) is 1.47. The average Bonchev–Trinajstić information content (AvgIpc) is 3.15. The van der Waals surface area contributed by atoms with Crippen molar-refractivity contribution >= 4 is 6.03 Å². The van der Waals surface area contributed by atoms with Gasteiger partial charge in [0, 0.05) is 38.5 Å². The van der Waals surface area contributed by atoms with Crippen molar-refractivity contribution < 1.29 is 9.32 Å². The molecule has 1 aromatic rings. The largest absolute Gasteiger partial charge is 0.339 e. The Labute approximate surface area is 137 Å². The number of nitrogens with one attached hydrogen (secondary N) is 1. The minimum absolute atomic E-state index is 0.00737. The summed E-state index contributed by atoms with van der Waals surface area (Å²) in [5.41, 5.74) is 0. The molecule has 1 aliphatic heterocycles. The lowest BCUT2D eigenvalue weighted by Crippen LogP contribution is -2.43. The molecule has 0 radical (unpaired) electrons. The first-order chi connectivity index (χ1) is 11.2. The van der Waals surface area contributed by atoms with Gasteiger partial charge in [0.05, 0.1) is 0 Å². The van der Waals surface area contributed by atoms with Crippen molar-refractivity contribution in [2.75, 3.05) is 39.8 Å². The summed E-state index contributed by atoms with van der Waals surface area (Å²) in [5.74, 6) is 2.51. The van der Waals surface area contributed by atoms with Gasteiger partial charge >= 0.3 is 6.03 Å². The Balaban J connectivity index is 1.39. The quantitative estimate of drug-likeness (QED) is 0.823. The highest BCUT2D eigenvalue weighted by atomic mass is 16.5. The first-order valence-electron chi connectivity index (χ1n) is 8.69. The molecule has 1 atom stereocenters. The molecule has 0 bridgehead atoms. The van der Waals surface area contributed by atoms with E-state index in [-0.39, 0.29) is 6.03 Å².